The van der Waals surface area contributed by atoms with Crippen LogP contribution in [0.15, 0.2) is 79.4 Å². The van der Waals surface area contributed by atoms with Crippen molar-refractivity contribution in [2.75, 3.05) is 5.32 Å². The van der Waals surface area contributed by atoms with Crippen LogP contribution in [0.25, 0.3) is 16.6 Å². The second-order valence-electron chi connectivity index (χ2n) is 8.14. The number of hydrogen-bond donors (Lipinski definition) is 3. The molecule has 0 amide bonds. The molecular weight excluding hydrogens is 483 g/mol. The largest absolute Gasteiger partial charge is 0.487 e. The highest BCUT2D eigenvalue weighted by atomic mass is 35.5. The molecule has 0 unspecified atom stereocenters. The summed E-state index contributed by atoms with van der Waals surface area (Å²) >= 11 is 6.45. The smallest absolute Gasteiger partial charge is 0.141 e. The monoisotopic (exact) mass is 504 g/mol. The van der Waals surface area contributed by atoms with Gasteiger partial charge in [-0.05, 0) is 54.1 Å². The van der Waals surface area contributed by atoms with Gasteiger partial charge in [-0.25, -0.2) is 14.4 Å². The highest BCUT2D eigenvalue weighted by Gasteiger charge is 2.11. The summed E-state index contributed by atoms with van der Waals surface area (Å²) in [6.07, 6.45) is 5.05. The number of ether oxygens (including phenoxy) is 1. The molecule has 5 aromatic rings. The Labute approximate surface area is 211 Å². The molecule has 0 saturated carbocycles. The molecule has 7 nitrogen and oxygen atoms in total. The average Bonchev–Trinajstić information content (AvgIpc) is 3.32. The molecule has 0 radical (unpaired) electrons. The predicted molar refractivity (Wildman–Crippen MR) is 136 cm³/mol. The Morgan fingerprint density at radius 1 is 0.944 bits per heavy atom. The van der Waals surface area contributed by atoms with Gasteiger partial charge in [-0.2, -0.15) is 0 Å². The fourth-order valence-electron chi connectivity index (χ4n) is 3.90. The fourth-order valence-corrected chi connectivity index (χ4v) is 4.13. The molecule has 2 aromatic heterocycles. The third-order valence-electron chi connectivity index (χ3n) is 5.74. The van der Waals surface area contributed by atoms with Gasteiger partial charge in [0, 0.05) is 40.3 Å². The Morgan fingerprint density at radius 2 is 1.75 bits per heavy atom. The molecule has 36 heavy (non-hydrogen) atoms. The lowest BCUT2D eigenvalue weighted by molar-refractivity contribution is 0.261. The minimum atomic E-state index is -0.318. The Kier molecular flexibility index (Phi) is 6.81. The summed E-state index contributed by atoms with van der Waals surface area (Å²) in [6.45, 7) is -0.122. The molecule has 0 atom stereocenters. The van der Waals surface area contributed by atoms with Gasteiger partial charge in [0.05, 0.1) is 23.8 Å². The second-order valence-corrected chi connectivity index (χ2v) is 8.55. The standard InChI is InChI=1S/C27H22ClFN4O3/c28-24-9-21(4-7-26(24)36-15-17-2-1-3-20(29)8-17)32-27-23-10-22(5-6-25(23)30-16-31-27)33-11-18(13-34)19(12-33)14-35/h1-12,16,34-35H,13-15H2,(H,30,31,32). The van der Waals surface area contributed by atoms with Gasteiger partial charge in [0.25, 0.3) is 0 Å². The molecule has 0 aliphatic rings. The first-order chi connectivity index (χ1) is 17.5. The Bertz CT molecular complexity index is 1520. The molecule has 5 rings (SSSR count). The third-order valence-corrected chi connectivity index (χ3v) is 6.03. The van der Waals surface area contributed by atoms with E-state index in [2.05, 4.69) is 15.3 Å². The number of nitrogens with zero attached hydrogens (tertiary/aromatic N) is 3. The number of anilines is 2. The maximum absolute atomic E-state index is 13.4. The van der Waals surface area contributed by atoms with Crippen molar-refractivity contribution in [2.45, 2.75) is 19.8 Å². The molecule has 3 N–H and O–H groups in total. The quantitative estimate of drug-likeness (QED) is 0.258. The van der Waals surface area contributed by atoms with Gasteiger partial charge in [0.2, 0.25) is 0 Å². The summed E-state index contributed by atoms with van der Waals surface area (Å²) in [5.74, 6) is 0.748. The van der Waals surface area contributed by atoms with Crippen molar-refractivity contribution in [3.8, 4) is 11.4 Å². The molecule has 9 heteroatoms. The van der Waals surface area contributed by atoms with Crippen LogP contribution in [0, 0.1) is 5.82 Å². The van der Waals surface area contributed by atoms with E-state index in [0.29, 0.717) is 39.0 Å². The zero-order chi connectivity index (χ0) is 25.1. The van der Waals surface area contributed by atoms with Crippen LogP contribution in [0.5, 0.6) is 5.75 Å². The molecule has 3 aromatic carbocycles. The van der Waals surface area contributed by atoms with E-state index in [1.165, 1.54) is 18.5 Å². The highest BCUT2D eigenvalue weighted by molar-refractivity contribution is 6.32. The van der Waals surface area contributed by atoms with E-state index < -0.39 is 0 Å². The molecule has 0 aliphatic heterocycles. The van der Waals surface area contributed by atoms with E-state index in [4.69, 9.17) is 16.3 Å². The highest BCUT2D eigenvalue weighted by Crippen LogP contribution is 2.31. The van der Waals surface area contributed by atoms with Gasteiger partial charge in [0.1, 0.15) is 30.3 Å². The van der Waals surface area contributed by atoms with Crippen molar-refractivity contribution < 1.29 is 19.3 Å². The summed E-state index contributed by atoms with van der Waals surface area (Å²) in [7, 11) is 0. The number of fused-ring (bicyclic) bond motifs is 1. The van der Waals surface area contributed by atoms with Crippen molar-refractivity contribution in [1.29, 1.82) is 0 Å². The first-order valence-electron chi connectivity index (χ1n) is 11.1. The Balaban J connectivity index is 1.39. The lowest BCUT2D eigenvalue weighted by atomic mass is 10.2. The Morgan fingerprint density at radius 3 is 2.47 bits per heavy atom. The van der Waals surface area contributed by atoms with Crippen LogP contribution in [-0.4, -0.2) is 24.7 Å². The number of rotatable bonds is 8. The van der Waals surface area contributed by atoms with Gasteiger partial charge in [-0.3, -0.25) is 0 Å². The van der Waals surface area contributed by atoms with E-state index in [0.717, 1.165) is 16.6 Å². The number of halogens is 2. The van der Waals surface area contributed by atoms with Crippen LogP contribution in [0.1, 0.15) is 16.7 Å². The number of aliphatic hydroxyl groups is 2. The number of benzene rings is 3. The summed E-state index contributed by atoms with van der Waals surface area (Å²) in [6, 6.07) is 17.2. The molecule has 2 heterocycles. The van der Waals surface area contributed by atoms with Gasteiger partial charge in [0.15, 0.2) is 0 Å². The van der Waals surface area contributed by atoms with Crippen molar-refractivity contribution in [2.24, 2.45) is 0 Å². The van der Waals surface area contributed by atoms with Crippen LogP contribution < -0.4 is 10.1 Å². The van der Waals surface area contributed by atoms with Crippen molar-refractivity contribution in [1.82, 2.24) is 14.5 Å². The lowest BCUT2D eigenvalue weighted by Crippen LogP contribution is -1.99. The summed E-state index contributed by atoms with van der Waals surface area (Å²) in [4.78, 5) is 8.76. The van der Waals surface area contributed by atoms with Crippen LogP contribution in [0.2, 0.25) is 5.02 Å². The van der Waals surface area contributed by atoms with Gasteiger partial charge in [-0.15, -0.1) is 0 Å². The first kappa shape index (κ1) is 23.7. The Hall–Kier alpha value is -3.98. The van der Waals surface area contributed by atoms with E-state index in [1.54, 1.807) is 36.7 Å². The maximum atomic E-state index is 13.4. The van der Waals surface area contributed by atoms with E-state index in [-0.39, 0.29) is 25.6 Å². The molecule has 0 bridgehead atoms. The van der Waals surface area contributed by atoms with Crippen molar-refractivity contribution >= 4 is 34.0 Å². The normalized spacial score (nSPS) is 11.1. The van der Waals surface area contributed by atoms with Crippen LogP contribution in [0.3, 0.4) is 0 Å². The summed E-state index contributed by atoms with van der Waals surface area (Å²) < 4.78 is 21.0. The van der Waals surface area contributed by atoms with Gasteiger partial charge < -0.3 is 24.8 Å². The average molecular weight is 505 g/mol. The van der Waals surface area contributed by atoms with Crippen LogP contribution in [-0.2, 0) is 19.8 Å². The van der Waals surface area contributed by atoms with E-state index >= 15 is 0 Å². The maximum Gasteiger partial charge on any atom is 0.141 e. The van der Waals surface area contributed by atoms with E-state index in [1.807, 2.05) is 28.8 Å². The molecular formula is C27H22ClFN4O3. The lowest BCUT2D eigenvalue weighted by Gasteiger charge is -2.13. The number of nitrogens with one attached hydrogen (secondary N) is 1. The minimum absolute atomic E-state index is 0.158. The van der Waals surface area contributed by atoms with Crippen molar-refractivity contribution in [3.05, 3.63) is 107 Å². The topological polar surface area (TPSA) is 92.4 Å². The van der Waals surface area contributed by atoms with E-state index in [9.17, 15) is 14.6 Å². The van der Waals surface area contributed by atoms with Crippen molar-refractivity contribution in [3.63, 3.8) is 0 Å². The zero-order valence-corrected chi connectivity index (χ0v) is 19.8. The minimum Gasteiger partial charge on any atom is -0.487 e. The van der Waals surface area contributed by atoms with Crippen LogP contribution in [0.4, 0.5) is 15.9 Å². The fraction of sp³-hybridized carbons (Fsp3) is 0.111. The van der Waals surface area contributed by atoms with Gasteiger partial charge >= 0.3 is 0 Å². The molecule has 0 aliphatic carbocycles. The molecule has 0 fully saturated rings. The third kappa shape index (κ3) is 5.01. The number of aliphatic hydroxyl groups excluding tert-OH is 2. The summed E-state index contributed by atoms with van der Waals surface area (Å²) in [5.41, 5.74) is 4.30. The molecule has 0 saturated heterocycles. The first-order valence-corrected chi connectivity index (χ1v) is 11.5. The zero-order valence-electron chi connectivity index (χ0n) is 19.0. The SMILES string of the molecule is OCc1cn(-c2ccc3ncnc(Nc4ccc(OCc5cccc(F)c5)c(Cl)c4)c3c2)cc1CO. The predicted octanol–water partition coefficient (Wildman–Crippen LogP) is 5.52. The molecule has 182 valence electrons. The van der Waals surface area contributed by atoms with Crippen LogP contribution >= 0.6 is 11.6 Å². The van der Waals surface area contributed by atoms with Gasteiger partial charge in [-0.1, -0.05) is 23.7 Å². The second kappa shape index (κ2) is 10.3. The summed E-state index contributed by atoms with van der Waals surface area (Å²) in [5, 5.41) is 23.6. The molecule has 0 spiro atoms. The number of aromatic nitrogens is 3. The number of hydrogen-bond acceptors (Lipinski definition) is 6.